The lowest BCUT2D eigenvalue weighted by Gasteiger charge is -2.12. The van der Waals surface area contributed by atoms with Crippen LogP contribution in [0.2, 0.25) is 0 Å². The average molecular weight is 640 g/mol. The maximum absolute atomic E-state index is 9.81. The fourth-order valence-corrected chi connectivity index (χ4v) is 6.02. The smallest absolute Gasteiger partial charge is 0.165 e. The van der Waals surface area contributed by atoms with Crippen molar-refractivity contribution in [2.45, 2.75) is 0 Å². The molecule has 5 nitrogen and oxygen atoms in total. The maximum atomic E-state index is 9.81. The summed E-state index contributed by atoms with van der Waals surface area (Å²) in [6.07, 6.45) is 0. The van der Waals surface area contributed by atoms with E-state index in [9.17, 15) is 5.26 Å². The molecule has 0 atom stereocenters. The number of nitriles is 1. The number of hydrogen-bond acceptors (Lipinski definition) is 5. The summed E-state index contributed by atoms with van der Waals surface area (Å²) in [7, 11) is 0. The lowest BCUT2D eigenvalue weighted by atomic mass is 9.98. The molecule has 50 heavy (non-hydrogen) atoms. The molecular weight excluding hydrogens is 611 g/mol. The summed E-state index contributed by atoms with van der Waals surface area (Å²) in [6.45, 7) is 0. The maximum Gasteiger partial charge on any atom is 0.165 e. The molecule has 0 unspecified atom stereocenters. The van der Waals surface area contributed by atoms with Gasteiger partial charge in [-0.05, 0) is 52.6 Å². The highest BCUT2D eigenvalue weighted by Crippen LogP contribution is 2.33. The number of nitrogens with zero attached hydrogens (tertiary/aromatic N) is 5. The molecule has 6 aromatic carbocycles. The van der Waals surface area contributed by atoms with Crippen LogP contribution in [0.15, 0.2) is 176 Å². The molecule has 2 heterocycles. The Bertz CT molecular complexity index is 2410. The molecule has 0 N–H and O–H groups in total. The number of benzene rings is 6. The van der Waals surface area contributed by atoms with Crippen molar-refractivity contribution in [1.82, 2.24) is 19.9 Å². The van der Waals surface area contributed by atoms with Gasteiger partial charge in [-0.1, -0.05) is 146 Å². The zero-order chi connectivity index (χ0) is 33.7. The zero-order valence-electron chi connectivity index (χ0n) is 27.0. The van der Waals surface area contributed by atoms with Gasteiger partial charge < -0.3 is 0 Å². The normalized spacial score (nSPS) is 10.8. The molecule has 0 aliphatic rings. The van der Waals surface area contributed by atoms with Crippen molar-refractivity contribution in [1.29, 1.82) is 5.26 Å². The van der Waals surface area contributed by atoms with Crippen LogP contribution in [0.25, 0.3) is 78.9 Å². The first-order valence-electron chi connectivity index (χ1n) is 16.4. The predicted molar refractivity (Wildman–Crippen MR) is 200 cm³/mol. The fourth-order valence-electron chi connectivity index (χ4n) is 6.02. The molecule has 234 valence electrons. The Morgan fingerprint density at radius 3 is 1.44 bits per heavy atom. The number of hydrogen-bond donors (Lipinski definition) is 0. The Hall–Kier alpha value is -7.03. The van der Waals surface area contributed by atoms with Crippen molar-refractivity contribution in [3.05, 3.63) is 181 Å². The van der Waals surface area contributed by atoms with Crippen LogP contribution in [0, 0.1) is 11.3 Å². The molecule has 0 amide bonds. The molecule has 0 aliphatic carbocycles. The van der Waals surface area contributed by atoms with E-state index in [0.29, 0.717) is 28.6 Å². The van der Waals surface area contributed by atoms with E-state index in [4.69, 9.17) is 19.9 Å². The second kappa shape index (κ2) is 13.6. The lowest BCUT2D eigenvalue weighted by molar-refractivity contribution is 1.07. The Morgan fingerprint density at radius 2 is 0.780 bits per heavy atom. The standard InChI is InChI=1S/C45H29N5/c46-30-38-19-10-11-22-40(38)45-49-43(35-17-8-3-9-18-35)48-44(50-45)37-21-12-20-36(27-37)32-23-25-34(26-24-32)42-29-39(31-13-4-1-5-14-31)28-41(47-42)33-15-6-2-7-16-33/h1-29H. The third-order valence-corrected chi connectivity index (χ3v) is 8.59. The number of pyridine rings is 1. The van der Waals surface area contributed by atoms with Gasteiger partial charge in [0.15, 0.2) is 17.5 Å². The van der Waals surface area contributed by atoms with Crippen molar-refractivity contribution in [2.24, 2.45) is 0 Å². The Labute approximate surface area is 290 Å². The molecule has 5 heteroatoms. The molecule has 0 aliphatic heterocycles. The summed E-state index contributed by atoms with van der Waals surface area (Å²) in [5.74, 6) is 1.55. The predicted octanol–water partition coefficient (Wildman–Crippen LogP) is 10.8. The van der Waals surface area contributed by atoms with Crippen LogP contribution >= 0.6 is 0 Å². The molecular formula is C45H29N5. The first-order valence-corrected chi connectivity index (χ1v) is 16.4. The summed E-state index contributed by atoms with van der Waals surface area (Å²) in [5.41, 5.74) is 11.2. The van der Waals surface area contributed by atoms with E-state index in [0.717, 1.165) is 55.9 Å². The Kier molecular flexibility index (Phi) is 8.25. The van der Waals surface area contributed by atoms with Gasteiger partial charge in [-0.15, -0.1) is 0 Å². The van der Waals surface area contributed by atoms with Crippen molar-refractivity contribution in [2.75, 3.05) is 0 Å². The van der Waals surface area contributed by atoms with Crippen LogP contribution in [-0.2, 0) is 0 Å². The van der Waals surface area contributed by atoms with E-state index in [1.54, 1.807) is 6.07 Å². The van der Waals surface area contributed by atoms with Crippen LogP contribution in [0.3, 0.4) is 0 Å². The molecule has 0 bridgehead atoms. The quantitative estimate of drug-likeness (QED) is 0.173. The van der Waals surface area contributed by atoms with Gasteiger partial charge in [-0.3, -0.25) is 0 Å². The Balaban J connectivity index is 1.17. The number of aromatic nitrogens is 4. The van der Waals surface area contributed by atoms with Crippen LogP contribution in [-0.4, -0.2) is 19.9 Å². The minimum absolute atomic E-state index is 0.459. The van der Waals surface area contributed by atoms with E-state index >= 15 is 0 Å². The molecule has 8 aromatic rings. The summed E-state index contributed by atoms with van der Waals surface area (Å²) in [5, 5.41) is 9.81. The van der Waals surface area contributed by atoms with E-state index in [2.05, 4.69) is 91.0 Å². The fraction of sp³-hybridized carbons (Fsp3) is 0. The molecule has 2 aromatic heterocycles. The van der Waals surface area contributed by atoms with Gasteiger partial charge in [-0.25, -0.2) is 19.9 Å². The van der Waals surface area contributed by atoms with Crippen LogP contribution in [0.5, 0.6) is 0 Å². The van der Waals surface area contributed by atoms with Crippen molar-refractivity contribution < 1.29 is 0 Å². The third kappa shape index (κ3) is 6.29. The minimum Gasteiger partial charge on any atom is -0.248 e. The lowest BCUT2D eigenvalue weighted by Crippen LogP contribution is -2.01. The first-order chi connectivity index (χ1) is 24.7. The first kappa shape index (κ1) is 30.3. The van der Waals surface area contributed by atoms with E-state index in [-0.39, 0.29) is 0 Å². The molecule has 0 radical (unpaired) electrons. The zero-order valence-corrected chi connectivity index (χ0v) is 27.0. The summed E-state index contributed by atoms with van der Waals surface area (Å²) in [6, 6.07) is 61.2. The van der Waals surface area contributed by atoms with Crippen LogP contribution in [0.4, 0.5) is 0 Å². The van der Waals surface area contributed by atoms with Crippen LogP contribution < -0.4 is 0 Å². The van der Waals surface area contributed by atoms with E-state index in [1.807, 2.05) is 84.9 Å². The largest absolute Gasteiger partial charge is 0.248 e. The highest BCUT2D eigenvalue weighted by molar-refractivity contribution is 5.79. The van der Waals surface area contributed by atoms with Gasteiger partial charge in [0.05, 0.1) is 23.0 Å². The van der Waals surface area contributed by atoms with E-state index in [1.165, 1.54) is 0 Å². The van der Waals surface area contributed by atoms with Gasteiger partial charge in [0.1, 0.15) is 0 Å². The van der Waals surface area contributed by atoms with E-state index < -0.39 is 0 Å². The molecule has 0 spiro atoms. The average Bonchev–Trinajstić information content (AvgIpc) is 3.21. The topological polar surface area (TPSA) is 75.3 Å². The molecule has 0 saturated carbocycles. The second-order valence-corrected chi connectivity index (χ2v) is 11.8. The minimum atomic E-state index is 0.459. The molecule has 0 fully saturated rings. The number of rotatable bonds is 7. The van der Waals surface area contributed by atoms with Gasteiger partial charge >= 0.3 is 0 Å². The van der Waals surface area contributed by atoms with Gasteiger partial charge in [0, 0.05) is 27.8 Å². The Morgan fingerprint density at radius 1 is 0.320 bits per heavy atom. The van der Waals surface area contributed by atoms with Crippen molar-refractivity contribution >= 4 is 0 Å². The highest BCUT2D eigenvalue weighted by Gasteiger charge is 2.15. The van der Waals surface area contributed by atoms with Gasteiger partial charge in [0.2, 0.25) is 0 Å². The SMILES string of the molecule is N#Cc1ccccc1-c1nc(-c2ccccc2)nc(-c2cccc(-c3ccc(-c4cc(-c5ccccc5)cc(-c5ccccc5)n4)cc3)c2)n1. The molecule has 8 rings (SSSR count). The monoisotopic (exact) mass is 639 g/mol. The van der Waals surface area contributed by atoms with Crippen molar-refractivity contribution in [3.8, 4) is 85.0 Å². The summed E-state index contributed by atoms with van der Waals surface area (Å²) >= 11 is 0. The second-order valence-electron chi connectivity index (χ2n) is 11.8. The van der Waals surface area contributed by atoms with Gasteiger partial charge in [-0.2, -0.15) is 5.26 Å². The summed E-state index contributed by atoms with van der Waals surface area (Å²) in [4.78, 5) is 19.7. The van der Waals surface area contributed by atoms with Gasteiger partial charge in [0.25, 0.3) is 0 Å². The molecule has 0 saturated heterocycles. The summed E-state index contributed by atoms with van der Waals surface area (Å²) < 4.78 is 0. The third-order valence-electron chi connectivity index (χ3n) is 8.59. The van der Waals surface area contributed by atoms with Crippen molar-refractivity contribution in [3.63, 3.8) is 0 Å². The van der Waals surface area contributed by atoms with Crippen LogP contribution in [0.1, 0.15) is 5.56 Å². The highest BCUT2D eigenvalue weighted by atomic mass is 15.0.